The van der Waals surface area contributed by atoms with Gasteiger partial charge in [-0.15, -0.1) is 0 Å². The molecule has 136 valence electrons. The smallest absolute Gasteiger partial charge is 0.369 e. The SMILES string of the molecule is NCO[PH](=O)Oc1c(-c2cc3ccccc3[nH]c2=O)ccc2ccccc12. The second-order valence-corrected chi connectivity index (χ2v) is 6.92. The van der Waals surface area contributed by atoms with Gasteiger partial charge in [0.1, 0.15) is 12.5 Å². The van der Waals surface area contributed by atoms with Crippen molar-refractivity contribution in [2.45, 2.75) is 0 Å². The number of H-pyrrole nitrogens is 1. The molecule has 4 aromatic rings. The summed E-state index contributed by atoms with van der Waals surface area (Å²) in [5.41, 5.74) is 6.76. The molecule has 0 bridgehead atoms. The van der Waals surface area contributed by atoms with Crippen LogP contribution in [0.4, 0.5) is 0 Å². The Bertz CT molecular complexity index is 1220. The number of fused-ring (bicyclic) bond motifs is 2. The highest BCUT2D eigenvalue weighted by Crippen LogP contribution is 2.41. The van der Waals surface area contributed by atoms with Crippen molar-refractivity contribution in [3.63, 3.8) is 0 Å². The highest BCUT2D eigenvalue weighted by atomic mass is 31.1. The number of nitrogens with one attached hydrogen (secondary N) is 1. The first kappa shape index (κ1) is 17.5. The van der Waals surface area contributed by atoms with Crippen molar-refractivity contribution < 1.29 is 13.6 Å². The van der Waals surface area contributed by atoms with Crippen LogP contribution < -0.4 is 15.8 Å². The van der Waals surface area contributed by atoms with Crippen LogP contribution in [0.25, 0.3) is 32.8 Å². The topological polar surface area (TPSA) is 94.4 Å². The summed E-state index contributed by atoms with van der Waals surface area (Å²) in [5, 5.41) is 2.52. The van der Waals surface area contributed by atoms with Gasteiger partial charge in [-0.1, -0.05) is 48.5 Å². The van der Waals surface area contributed by atoms with Crippen molar-refractivity contribution in [3.8, 4) is 16.9 Å². The van der Waals surface area contributed by atoms with E-state index in [-0.39, 0.29) is 12.3 Å². The van der Waals surface area contributed by atoms with Crippen molar-refractivity contribution in [1.82, 2.24) is 4.98 Å². The quantitative estimate of drug-likeness (QED) is 0.402. The van der Waals surface area contributed by atoms with Crippen molar-refractivity contribution in [2.24, 2.45) is 5.73 Å². The number of para-hydroxylation sites is 1. The third-order valence-corrected chi connectivity index (χ3v) is 5.08. The lowest BCUT2D eigenvalue weighted by atomic mass is 9.99. The fourth-order valence-corrected chi connectivity index (χ4v) is 3.67. The van der Waals surface area contributed by atoms with Gasteiger partial charge in [-0.05, 0) is 29.0 Å². The van der Waals surface area contributed by atoms with Gasteiger partial charge in [-0.25, -0.2) is 4.57 Å². The maximum Gasteiger partial charge on any atom is 0.369 e. The standard InChI is InChI=1S/C20H17N2O4P/c21-12-25-27(24)26-19-15-7-3-1-5-13(15)9-10-16(19)17-11-14-6-2-4-8-18(14)22-20(17)23/h1-11,27H,12,21H2,(H,22,23). The Labute approximate surface area is 155 Å². The second kappa shape index (κ2) is 7.37. The molecule has 1 unspecified atom stereocenters. The van der Waals surface area contributed by atoms with Crippen LogP contribution in [0.15, 0.2) is 71.5 Å². The molecule has 3 N–H and O–H groups in total. The molecule has 3 aromatic carbocycles. The molecule has 0 radical (unpaired) electrons. The predicted octanol–water partition coefficient (Wildman–Crippen LogP) is 4.05. The average Bonchev–Trinajstić information content (AvgIpc) is 2.68. The Morgan fingerprint density at radius 1 is 0.926 bits per heavy atom. The van der Waals surface area contributed by atoms with Crippen molar-refractivity contribution in [2.75, 3.05) is 6.73 Å². The molecule has 1 heterocycles. The molecule has 7 heteroatoms. The summed E-state index contributed by atoms with van der Waals surface area (Å²) in [7, 11) is -2.85. The maximum atomic E-state index is 12.7. The van der Waals surface area contributed by atoms with E-state index in [9.17, 15) is 9.36 Å². The maximum absolute atomic E-state index is 12.7. The van der Waals surface area contributed by atoms with Gasteiger partial charge in [-0.3, -0.25) is 9.32 Å². The van der Waals surface area contributed by atoms with Gasteiger partial charge in [0.25, 0.3) is 5.56 Å². The summed E-state index contributed by atoms with van der Waals surface area (Å²) in [6.45, 7) is -0.214. The van der Waals surface area contributed by atoms with E-state index in [0.29, 0.717) is 16.9 Å². The average molecular weight is 380 g/mol. The zero-order valence-electron chi connectivity index (χ0n) is 14.3. The molecular weight excluding hydrogens is 363 g/mol. The fourth-order valence-electron chi connectivity index (χ4n) is 3.09. The van der Waals surface area contributed by atoms with Crippen LogP contribution in [0.1, 0.15) is 0 Å². The highest BCUT2D eigenvalue weighted by molar-refractivity contribution is 7.33. The molecule has 0 aliphatic rings. The van der Waals surface area contributed by atoms with Crippen molar-refractivity contribution in [1.29, 1.82) is 0 Å². The van der Waals surface area contributed by atoms with E-state index in [1.165, 1.54) is 0 Å². The van der Waals surface area contributed by atoms with Crippen LogP contribution in [0.3, 0.4) is 0 Å². The van der Waals surface area contributed by atoms with Crippen LogP contribution in [0.2, 0.25) is 0 Å². The minimum Gasteiger partial charge on any atom is -0.425 e. The molecule has 6 nitrogen and oxygen atoms in total. The van der Waals surface area contributed by atoms with E-state index in [2.05, 4.69) is 4.98 Å². The Hall–Kier alpha value is -2.92. The molecule has 0 saturated carbocycles. The van der Waals surface area contributed by atoms with Gasteiger partial charge in [-0.2, -0.15) is 0 Å². The number of hydrogen-bond donors (Lipinski definition) is 2. The van der Waals surface area contributed by atoms with E-state index in [1.807, 2.05) is 54.6 Å². The lowest BCUT2D eigenvalue weighted by molar-refractivity contribution is 0.296. The summed E-state index contributed by atoms with van der Waals surface area (Å²) in [5.74, 6) is 0.339. The first-order valence-corrected chi connectivity index (χ1v) is 9.59. The Morgan fingerprint density at radius 3 is 2.48 bits per heavy atom. The third-order valence-electron chi connectivity index (χ3n) is 4.31. The number of nitrogens with two attached hydrogens (primary N) is 1. The van der Waals surface area contributed by atoms with Crippen LogP contribution in [-0.4, -0.2) is 11.7 Å². The zero-order valence-corrected chi connectivity index (χ0v) is 15.3. The largest absolute Gasteiger partial charge is 0.425 e. The zero-order chi connectivity index (χ0) is 18.8. The normalized spacial score (nSPS) is 12.3. The molecule has 0 fully saturated rings. The molecule has 4 rings (SSSR count). The minimum atomic E-state index is -2.85. The monoisotopic (exact) mass is 380 g/mol. The van der Waals surface area contributed by atoms with Gasteiger partial charge in [0.05, 0.1) is 5.56 Å². The molecular formula is C20H17N2O4P. The third kappa shape index (κ3) is 3.38. The molecule has 0 saturated heterocycles. The summed E-state index contributed by atoms with van der Waals surface area (Å²) in [4.78, 5) is 15.6. The number of aromatic amines is 1. The lowest BCUT2D eigenvalue weighted by Crippen LogP contribution is -2.09. The van der Waals surface area contributed by atoms with Gasteiger partial charge in [0.2, 0.25) is 0 Å². The van der Waals surface area contributed by atoms with Gasteiger partial charge < -0.3 is 15.2 Å². The second-order valence-electron chi connectivity index (χ2n) is 5.93. The lowest BCUT2D eigenvalue weighted by Gasteiger charge is -2.14. The Morgan fingerprint density at radius 2 is 1.67 bits per heavy atom. The van der Waals surface area contributed by atoms with Crippen LogP contribution in [-0.2, 0) is 9.09 Å². The summed E-state index contributed by atoms with van der Waals surface area (Å²) >= 11 is 0. The van der Waals surface area contributed by atoms with E-state index in [4.69, 9.17) is 14.8 Å². The number of aromatic nitrogens is 1. The van der Waals surface area contributed by atoms with Crippen LogP contribution in [0, 0.1) is 0 Å². The minimum absolute atomic E-state index is 0.214. The van der Waals surface area contributed by atoms with E-state index >= 15 is 0 Å². The number of benzene rings is 3. The van der Waals surface area contributed by atoms with Gasteiger partial charge in [0, 0.05) is 16.5 Å². The molecule has 1 atom stereocenters. The molecule has 1 aromatic heterocycles. The molecule has 0 aliphatic heterocycles. The van der Waals surface area contributed by atoms with Gasteiger partial charge in [0.15, 0.2) is 0 Å². The van der Waals surface area contributed by atoms with E-state index < -0.39 is 8.25 Å². The van der Waals surface area contributed by atoms with E-state index in [0.717, 1.165) is 21.7 Å². The fraction of sp³-hybridized carbons (Fsp3) is 0.0500. The number of hydrogen-bond acceptors (Lipinski definition) is 5. The molecule has 0 spiro atoms. The van der Waals surface area contributed by atoms with Crippen molar-refractivity contribution >= 4 is 29.9 Å². The summed E-state index contributed by atoms with van der Waals surface area (Å²) in [6.07, 6.45) is 0. The van der Waals surface area contributed by atoms with Crippen molar-refractivity contribution in [3.05, 3.63) is 77.1 Å². The molecule has 0 aliphatic carbocycles. The Kier molecular flexibility index (Phi) is 4.77. The molecule has 0 amide bonds. The summed E-state index contributed by atoms with van der Waals surface area (Å²) in [6, 6.07) is 20.5. The van der Waals surface area contributed by atoms with Crippen LogP contribution in [0.5, 0.6) is 5.75 Å². The van der Waals surface area contributed by atoms with E-state index in [1.54, 1.807) is 12.1 Å². The summed E-state index contributed by atoms with van der Waals surface area (Å²) < 4.78 is 22.6. The first-order valence-electron chi connectivity index (χ1n) is 8.36. The highest BCUT2D eigenvalue weighted by Gasteiger charge is 2.16. The number of rotatable bonds is 5. The van der Waals surface area contributed by atoms with Crippen LogP contribution >= 0.6 is 8.25 Å². The Balaban J connectivity index is 1.97. The first-order chi connectivity index (χ1) is 13.2. The molecule has 27 heavy (non-hydrogen) atoms. The van der Waals surface area contributed by atoms with Gasteiger partial charge >= 0.3 is 8.25 Å². The number of pyridine rings is 1. The predicted molar refractivity (Wildman–Crippen MR) is 107 cm³/mol.